The predicted octanol–water partition coefficient (Wildman–Crippen LogP) is 7.17. The molecule has 4 aromatic carbocycles. The van der Waals surface area contributed by atoms with Crippen LogP contribution in [0.3, 0.4) is 0 Å². The van der Waals surface area contributed by atoms with Crippen LogP contribution in [0, 0.1) is 28.1 Å². The lowest BCUT2D eigenvalue weighted by Crippen LogP contribution is -2.42. The van der Waals surface area contributed by atoms with E-state index in [0.29, 0.717) is 33.2 Å². The van der Waals surface area contributed by atoms with E-state index in [0.717, 1.165) is 0 Å². The Morgan fingerprint density at radius 2 is 1.33 bits per heavy atom. The zero-order valence-corrected chi connectivity index (χ0v) is 22.5. The van der Waals surface area contributed by atoms with E-state index in [1.54, 1.807) is 72.9 Å². The van der Waals surface area contributed by atoms with Gasteiger partial charge in [-0.3, -0.25) is 14.2 Å². The van der Waals surface area contributed by atoms with E-state index in [1.165, 1.54) is 4.57 Å². The molecular weight excluding hydrogens is 522 g/mol. The van der Waals surface area contributed by atoms with Gasteiger partial charge in [0.1, 0.15) is 5.76 Å². The third-order valence-electron chi connectivity index (χ3n) is 8.15. The number of carbonyl (C=O) groups is 2. The number of carbonyl (C=O) groups excluding carboxylic acids is 2. The van der Waals surface area contributed by atoms with Gasteiger partial charge in [0.05, 0.1) is 23.6 Å². The average molecular weight is 548 g/mol. The molecule has 1 fully saturated rings. The van der Waals surface area contributed by atoms with E-state index in [1.807, 2.05) is 48.5 Å². The van der Waals surface area contributed by atoms with E-state index in [4.69, 9.17) is 0 Å². The predicted molar refractivity (Wildman–Crippen MR) is 159 cm³/mol. The van der Waals surface area contributed by atoms with Crippen LogP contribution in [0.1, 0.15) is 45.3 Å². The molecule has 6 nitrogen and oxygen atoms in total. The summed E-state index contributed by atoms with van der Waals surface area (Å²) in [4.78, 5) is 27.8. The molecule has 0 aliphatic heterocycles. The maximum absolute atomic E-state index is 14.1. The number of aliphatic hydroxyl groups excluding tert-OH is 1. The normalized spacial score (nSPS) is 19.0. The summed E-state index contributed by atoms with van der Waals surface area (Å²) < 4.78 is 1.49. The number of hydrogen-bond donors (Lipinski definition) is 1. The van der Waals surface area contributed by atoms with Gasteiger partial charge in [0.25, 0.3) is 5.91 Å². The molecule has 202 valence electrons. The van der Waals surface area contributed by atoms with Crippen LogP contribution in [-0.4, -0.2) is 21.4 Å². The third-order valence-corrected chi connectivity index (χ3v) is 8.15. The first-order valence-electron chi connectivity index (χ1n) is 13.6. The van der Waals surface area contributed by atoms with Crippen LogP contribution < -0.4 is 0 Å². The number of aliphatic hydroxyl groups is 1. The number of benzene rings is 4. The van der Waals surface area contributed by atoms with Crippen LogP contribution in [-0.2, 0) is 4.79 Å². The number of hydrogen-bond acceptors (Lipinski definition) is 5. The Morgan fingerprint density at radius 3 is 1.95 bits per heavy atom. The summed E-state index contributed by atoms with van der Waals surface area (Å²) in [6.45, 7) is 0. The molecule has 1 aliphatic rings. The number of allylic oxidation sites excluding steroid dienone is 1. The molecule has 1 aromatic heterocycles. The van der Waals surface area contributed by atoms with Crippen LogP contribution in [0.2, 0.25) is 0 Å². The molecule has 6 heteroatoms. The van der Waals surface area contributed by atoms with Crippen molar-refractivity contribution in [2.45, 2.75) is 18.3 Å². The van der Waals surface area contributed by atoms with Crippen LogP contribution in [0.25, 0.3) is 16.7 Å². The quantitative estimate of drug-likeness (QED) is 0.190. The Kier molecular flexibility index (Phi) is 6.74. The van der Waals surface area contributed by atoms with Gasteiger partial charge < -0.3 is 5.11 Å². The van der Waals surface area contributed by atoms with E-state index < -0.39 is 17.3 Å². The summed E-state index contributed by atoms with van der Waals surface area (Å²) in [5, 5.41) is 34.0. The molecule has 0 radical (unpaired) electrons. The van der Waals surface area contributed by atoms with E-state index >= 15 is 0 Å². The topological polar surface area (TPSA) is 107 Å². The second-order valence-corrected chi connectivity index (χ2v) is 10.4. The lowest BCUT2D eigenvalue weighted by molar-refractivity contribution is -0.118. The molecule has 1 saturated carbocycles. The summed E-state index contributed by atoms with van der Waals surface area (Å²) >= 11 is 0. The molecule has 42 heavy (non-hydrogen) atoms. The van der Waals surface area contributed by atoms with Crippen molar-refractivity contribution < 1.29 is 14.7 Å². The second kappa shape index (κ2) is 10.7. The van der Waals surface area contributed by atoms with Crippen molar-refractivity contribution in [3.63, 3.8) is 0 Å². The Labute approximate surface area is 243 Å². The Hall–Kier alpha value is -5.72. The van der Waals surface area contributed by atoms with Crippen molar-refractivity contribution in [3.8, 4) is 12.1 Å². The van der Waals surface area contributed by atoms with Gasteiger partial charge in [-0.25, -0.2) is 0 Å². The number of nitriles is 2. The third kappa shape index (κ3) is 4.18. The lowest BCUT2D eigenvalue weighted by atomic mass is 9.55. The lowest BCUT2D eigenvalue weighted by Gasteiger charge is -2.41. The number of ketones is 1. The number of para-hydroxylation sites is 1. The molecule has 6 rings (SSSR count). The Balaban J connectivity index is 1.68. The highest BCUT2D eigenvalue weighted by Gasteiger charge is 2.57. The van der Waals surface area contributed by atoms with Crippen LogP contribution in [0.4, 0.5) is 0 Å². The highest BCUT2D eigenvalue weighted by molar-refractivity contribution is 6.07. The van der Waals surface area contributed by atoms with Gasteiger partial charge >= 0.3 is 0 Å². The molecule has 0 bridgehead atoms. The summed E-state index contributed by atoms with van der Waals surface area (Å²) in [6.07, 6.45) is 1.49. The SMILES string of the molecule is N#CC1(C#N)[C@H](c2ccccc2)CC(=O)/C(=C(/O)c2ccccc2)[C@H]1c1cn(C(=O)c2ccccc2)c2ccccc12. The summed E-state index contributed by atoms with van der Waals surface area (Å²) in [6, 6.07) is 38.4. The van der Waals surface area contributed by atoms with Gasteiger partial charge in [-0.15, -0.1) is 0 Å². The molecule has 2 atom stereocenters. The van der Waals surface area contributed by atoms with Crippen molar-refractivity contribution >= 4 is 28.4 Å². The summed E-state index contributed by atoms with van der Waals surface area (Å²) in [7, 11) is 0. The highest BCUT2D eigenvalue weighted by Crippen LogP contribution is 2.57. The number of aromatic nitrogens is 1. The monoisotopic (exact) mass is 547 g/mol. The van der Waals surface area contributed by atoms with Crippen molar-refractivity contribution in [1.29, 1.82) is 10.5 Å². The van der Waals surface area contributed by atoms with Gasteiger partial charge in [0.15, 0.2) is 11.2 Å². The minimum atomic E-state index is -1.78. The van der Waals surface area contributed by atoms with Gasteiger partial charge in [0.2, 0.25) is 0 Å². The fraction of sp³-hybridized carbons (Fsp3) is 0.111. The van der Waals surface area contributed by atoms with Crippen molar-refractivity contribution in [1.82, 2.24) is 4.57 Å². The Morgan fingerprint density at radius 1 is 0.786 bits per heavy atom. The molecule has 1 heterocycles. The number of fused-ring (bicyclic) bond motifs is 1. The van der Waals surface area contributed by atoms with Crippen molar-refractivity contribution in [2.75, 3.05) is 0 Å². The second-order valence-electron chi connectivity index (χ2n) is 10.4. The van der Waals surface area contributed by atoms with E-state index in [9.17, 15) is 25.2 Å². The maximum atomic E-state index is 14.1. The molecule has 1 N–H and O–H groups in total. The van der Waals surface area contributed by atoms with Crippen molar-refractivity contribution in [2.24, 2.45) is 5.41 Å². The standard InChI is InChI=1S/C36H25N3O3/c37-22-36(23-38)29(24-12-4-1-5-13-24)20-31(40)32(34(41)25-14-6-2-7-15-25)33(36)28-21-39(30-19-11-10-18-27(28)30)35(42)26-16-8-3-9-17-26/h1-19,21,29,33,41H,20H2/b34-32-/t29-,33+/m0/s1. The first-order chi connectivity index (χ1) is 20.5. The minimum Gasteiger partial charge on any atom is -0.507 e. The smallest absolute Gasteiger partial charge is 0.262 e. The first-order valence-corrected chi connectivity index (χ1v) is 13.6. The molecule has 0 amide bonds. The van der Waals surface area contributed by atoms with E-state index in [-0.39, 0.29) is 29.4 Å². The van der Waals surface area contributed by atoms with Crippen LogP contribution in [0.5, 0.6) is 0 Å². The highest BCUT2D eigenvalue weighted by atomic mass is 16.3. The average Bonchev–Trinajstić information content (AvgIpc) is 3.44. The number of rotatable bonds is 4. The molecule has 0 saturated heterocycles. The zero-order chi connectivity index (χ0) is 29.3. The van der Waals surface area contributed by atoms with Crippen LogP contribution in [0.15, 0.2) is 127 Å². The molecule has 5 aromatic rings. The molecule has 1 aliphatic carbocycles. The maximum Gasteiger partial charge on any atom is 0.262 e. The largest absolute Gasteiger partial charge is 0.507 e. The first kappa shape index (κ1) is 26.5. The van der Waals surface area contributed by atoms with E-state index in [2.05, 4.69) is 12.1 Å². The number of nitrogens with zero attached hydrogens (tertiary/aromatic N) is 3. The van der Waals surface area contributed by atoms with Gasteiger partial charge in [-0.2, -0.15) is 10.5 Å². The van der Waals surface area contributed by atoms with Gasteiger partial charge in [0, 0.05) is 40.6 Å². The zero-order valence-electron chi connectivity index (χ0n) is 22.5. The van der Waals surface area contributed by atoms with Crippen molar-refractivity contribution in [3.05, 3.63) is 149 Å². The minimum absolute atomic E-state index is 0.00783. The molecule has 0 spiro atoms. The summed E-state index contributed by atoms with van der Waals surface area (Å²) in [5.74, 6) is -2.86. The fourth-order valence-corrected chi connectivity index (χ4v) is 6.17. The number of Topliss-reactive ketones (excluding diaryl/α,β-unsaturated/α-hetero) is 1. The van der Waals surface area contributed by atoms with Crippen LogP contribution >= 0.6 is 0 Å². The van der Waals surface area contributed by atoms with Gasteiger partial charge in [-0.05, 0) is 29.3 Å². The molecule has 0 unspecified atom stereocenters. The summed E-state index contributed by atoms with van der Waals surface area (Å²) in [5.41, 5.74) is 0.772. The Bertz CT molecular complexity index is 1910. The fourth-order valence-electron chi connectivity index (χ4n) is 6.17. The molecular formula is C36H25N3O3. The van der Waals surface area contributed by atoms with Gasteiger partial charge in [-0.1, -0.05) is 97.1 Å².